The van der Waals surface area contributed by atoms with Gasteiger partial charge in [0.25, 0.3) is 0 Å². The maximum Gasteiger partial charge on any atom is 0.323 e. The van der Waals surface area contributed by atoms with E-state index in [0.29, 0.717) is 19.3 Å². The number of para-hydroxylation sites is 2. The lowest BCUT2D eigenvalue weighted by molar-refractivity contribution is -0.137. The molecule has 0 spiro atoms. The third-order valence-corrected chi connectivity index (χ3v) is 5.64. The molecule has 0 bridgehead atoms. The third kappa shape index (κ3) is 3.05. The predicted octanol–water partition coefficient (Wildman–Crippen LogP) is 4.00. The van der Waals surface area contributed by atoms with Gasteiger partial charge in [-0.15, -0.1) is 0 Å². The monoisotopic (exact) mass is 380 g/mol. The number of amides is 1. The molecule has 1 unspecified atom stereocenters. The van der Waals surface area contributed by atoms with Crippen LogP contribution in [0.25, 0.3) is 10.9 Å². The molecule has 1 atom stereocenters. The summed E-state index contributed by atoms with van der Waals surface area (Å²) in [5.41, 5.74) is 2.32. The second-order valence-corrected chi connectivity index (χ2v) is 7.59. The van der Waals surface area contributed by atoms with Crippen LogP contribution in [-0.4, -0.2) is 21.6 Å². The Morgan fingerprint density at radius 1 is 1.18 bits per heavy atom. The molecule has 28 heavy (non-hydrogen) atoms. The molecule has 5 nitrogen and oxygen atoms in total. The van der Waals surface area contributed by atoms with E-state index in [9.17, 15) is 19.1 Å². The van der Waals surface area contributed by atoms with Crippen LogP contribution in [0.3, 0.4) is 0 Å². The molecule has 2 N–H and O–H groups in total. The van der Waals surface area contributed by atoms with Gasteiger partial charge in [0, 0.05) is 16.6 Å². The molecule has 1 aliphatic rings. The normalized spacial score (nSPS) is 18.6. The van der Waals surface area contributed by atoms with E-state index in [-0.39, 0.29) is 18.1 Å². The zero-order valence-electron chi connectivity index (χ0n) is 15.5. The number of fused-ring (bicyclic) bond motifs is 3. The van der Waals surface area contributed by atoms with Gasteiger partial charge in [-0.05, 0) is 43.0 Å². The van der Waals surface area contributed by atoms with Gasteiger partial charge in [0.2, 0.25) is 5.91 Å². The van der Waals surface area contributed by atoms with E-state index >= 15 is 0 Å². The van der Waals surface area contributed by atoms with Crippen LogP contribution in [0.2, 0.25) is 0 Å². The van der Waals surface area contributed by atoms with Gasteiger partial charge >= 0.3 is 5.97 Å². The maximum absolute atomic E-state index is 13.9. The summed E-state index contributed by atoms with van der Waals surface area (Å²) in [5.74, 6) is -1.58. The quantitative estimate of drug-likeness (QED) is 0.719. The van der Waals surface area contributed by atoms with Gasteiger partial charge in [-0.2, -0.15) is 0 Å². The summed E-state index contributed by atoms with van der Waals surface area (Å²) in [6.45, 7) is 1.78. The van der Waals surface area contributed by atoms with E-state index in [1.165, 1.54) is 6.07 Å². The molecule has 0 saturated carbocycles. The Morgan fingerprint density at radius 3 is 2.64 bits per heavy atom. The van der Waals surface area contributed by atoms with Crippen molar-refractivity contribution in [2.75, 3.05) is 5.32 Å². The molecule has 1 aromatic heterocycles. The van der Waals surface area contributed by atoms with E-state index in [1.807, 2.05) is 35.8 Å². The molecule has 0 radical (unpaired) electrons. The van der Waals surface area contributed by atoms with Gasteiger partial charge in [-0.1, -0.05) is 37.3 Å². The first-order chi connectivity index (χ1) is 13.4. The van der Waals surface area contributed by atoms with Crippen molar-refractivity contribution in [2.45, 2.75) is 32.7 Å². The number of benzene rings is 2. The summed E-state index contributed by atoms with van der Waals surface area (Å²) < 4.78 is 15.8. The van der Waals surface area contributed by atoms with Gasteiger partial charge in [-0.3, -0.25) is 9.59 Å². The Bertz CT molecular complexity index is 1090. The van der Waals surface area contributed by atoms with Gasteiger partial charge in [0.05, 0.1) is 11.1 Å². The Morgan fingerprint density at radius 2 is 1.89 bits per heavy atom. The fourth-order valence-corrected chi connectivity index (χ4v) is 4.13. The molecule has 6 heteroatoms. The fourth-order valence-electron chi connectivity index (χ4n) is 4.13. The summed E-state index contributed by atoms with van der Waals surface area (Å²) in [4.78, 5) is 24.3. The second-order valence-electron chi connectivity index (χ2n) is 7.59. The number of anilines is 1. The number of hydrogen-bond donors (Lipinski definition) is 2. The van der Waals surface area contributed by atoms with Crippen molar-refractivity contribution in [3.05, 3.63) is 65.6 Å². The van der Waals surface area contributed by atoms with Gasteiger partial charge < -0.3 is 15.0 Å². The number of aromatic nitrogens is 1. The summed E-state index contributed by atoms with van der Waals surface area (Å²) in [6, 6.07) is 13.8. The van der Waals surface area contributed by atoms with Gasteiger partial charge in [-0.25, -0.2) is 4.39 Å². The topological polar surface area (TPSA) is 71.3 Å². The number of nitrogens with zero attached hydrogens (tertiary/aromatic N) is 1. The number of nitrogens with one attached hydrogen (secondary N) is 1. The van der Waals surface area contributed by atoms with Crippen molar-refractivity contribution in [1.82, 2.24) is 4.57 Å². The van der Waals surface area contributed by atoms with Gasteiger partial charge in [0.15, 0.2) is 0 Å². The smallest absolute Gasteiger partial charge is 0.323 e. The maximum atomic E-state index is 13.9. The number of carboxylic acid groups (broad SMARTS) is 1. The lowest BCUT2D eigenvalue weighted by atomic mass is 9.73. The van der Waals surface area contributed by atoms with Crippen molar-refractivity contribution in [1.29, 1.82) is 0 Å². The minimum absolute atomic E-state index is 0.103. The highest BCUT2D eigenvalue weighted by Gasteiger charge is 2.39. The molecule has 0 fully saturated rings. The Hall–Kier alpha value is -3.15. The van der Waals surface area contributed by atoms with E-state index in [1.54, 1.807) is 18.2 Å². The minimum Gasteiger partial charge on any atom is -0.480 e. The first-order valence-electron chi connectivity index (χ1n) is 9.26. The summed E-state index contributed by atoms with van der Waals surface area (Å²) in [7, 11) is 0. The number of aliphatic carboxylic acids is 1. The lowest BCUT2D eigenvalue weighted by Crippen LogP contribution is -2.39. The van der Waals surface area contributed by atoms with E-state index in [4.69, 9.17) is 0 Å². The first kappa shape index (κ1) is 18.2. The number of hydrogen-bond acceptors (Lipinski definition) is 2. The number of carboxylic acids is 1. The summed E-state index contributed by atoms with van der Waals surface area (Å²) in [6.07, 6.45) is 1.64. The predicted molar refractivity (Wildman–Crippen MR) is 105 cm³/mol. The zero-order valence-corrected chi connectivity index (χ0v) is 15.5. The van der Waals surface area contributed by atoms with Crippen LogP contribution >= 0.6 is 0 Å². The van der Waals surface area contributed by atoms with Crippen molar-refractivity contribution < 1.29 is 19.1 Å². The van der Waals surface area contributed by atoms with Crippen molar-refractivity contribution >= 4 is 28.5 Å². The first-order valence-corrected chi connectivity index (χ1v) is 9.26. The van der Waals surface area contributed by atoms with Crippen LogP contribution in [-0.2, 0) is 29.0 Å². The van der Waals surface area contributed by atoms with Crippen LogP contribution in [0.1, 0.15) is 24.6 Å². The lowest BCUT2D eigenvalue weighted by Gasteiger charge is -2.33. The number of carbonyl (C=O) groups is 2. The van der Waals surface area contributed by atoms with Crippen LogP contribution in [0, 0.1) is 11.2 Å². The molecule has 0 aliphatic heterocycles. The standard InChI is InChI=1S/C22H21FN2O3/c1-22(21(28)24-17-8-4-3-7-16(17)23)11-10-19-15(12-22)14-6-2-5-9-18(14)25(19)13-20(26)27/h2-9H,10-13H2,1H3,(H,24,28)(H,26,27). The average molecular weight is 380 g/mol. The highest BCUT2D eigenvalue weighted by Crippen LogP contribution is 2.41. The van der Waals surface area contributed by atoms with Crippen molar-refractivity contribution in [2.24, 2.45) is 5.41 Å². The van der Waals surface area contributed by atoms with E-state index in [2.05, 4.69) is 5.32 Å². The number of carbonyl (C=O) groups excluding carboxylic acids is 1. The SMILES string of the molecule is CC1(C(=O)Nc2ccccc2F)CCc2c(c3ccccc3n2CC(=O)O)C1. The molecule has 0 saturated heterocycles. The Labute approximate surface area is 161 Å². The molecule has 3 aromatic rings. The minimum atomic E-state index is -0.894. The molecule has 144 valence electrons. The Balaban J connectivity index is 1.70. The van der Waals surface area contributed by atoms with E-state index < -0.39 is 17.2 Å². The highest BCUT2D eigenvalue weighted by molar-refractivity contribution is 5.96. The van der Waals surface area contributed by atoms with Gasteiger partial charge in [0.1, 0.15) is 12.4 Å². The zero-order chi connectivity index (χ0) is 19.9. The number of rotatable bonds is 4. The van der Waals surface area contributed by atoms with Crippen LogP contribution in [0.15, 0.2) is 48.5 Å². The molecule has 4 rings (SSSR count). The van der Waals surface area contributed by atoms with Crippen LogP contribution < -0.4 is 5.32 Å². The molecule has 1 heterocycles. The molecular weight excluding hydrogens is 359 g/mol. The Kier molecular flexibility index (Phi) is 4.41. The molecule has 2 aromatic carbocycles. The third-order valence-electron chi connectivity index (χ3n) is 5.64. The molecule has 1 aliphatic carbocycles. The van der Waals surface area contributed by atoms with Crippen LogP contribution in [0.4, 0.5) is 10.1 Å². The second kappa shape index (κ2) is 6.78. The van der Waals surface area contributed by atoms with E-state index in [0.717, 1.165) is 22.2 Å². The molecular formula is C22H21FN2O3. The fraction of sp³-hybridized carbons (Fsp3) is 0.273. The highest BCUT2D eigenvalue weighted by atomic mass is 19.1. The summed E-state index contributed by atoms with van der Waals surface area (Å²) >= 11 is 0. The van der Waals surface area contributed by atoms with Crippen molar-refractivity contribution in [3.8, 4) is 0 Å². The largest absolute Gasteiger partial charge is 0.480 e. The molecule has 1 amide bonds. The summed E-state index contributed by atoms with van der Waals surface area (Å²) in [5, 5.41) is 13.0. The average Bonchev–Trinajstić information content (AvgIpc) is 2.96. The number of halogens is 1. The van der Waals surface area contributed by atoms with Crippen LogP contribution in [0.5, 0.6) is 0 Å². The van der Waals surface area contributed by atoms with Crippen molar-refractivity contribution in [3.63, 3.8) is 0 Å².